The van der Waals surface area contributed by atoms with Crippen molar-refractivity contribution in [1.29, 1.82) is 0 Å². The molecule has 0 aliphatic carbocycles. The lowest BCUT2D eigenvalue weighted by atomic mass is 10.2. The Morgan fingerprint density at radius 1 is 1.42 bits per heavy atom. The van der Waals surface area contributed by atoms with Crippen LogP contribution in [0.25, 0.3) is 16.8 Å². The topological polar surface area (TPSA) is 52.3 Å². The maximum absolute atomic E-state index is 13.6. The SMILES string of the molecule is O=C(/C=C/c1cc(Br)ccc1F)OCc1coc(-c2cccs2)n1. The summed E-state index contributed by atoms with van der Waals surface area (Å²) in [5.74, 6) is -0.516. The first-order valence-electron chi connectivity index (χ1n) is 6.90. The molecule has 0 N–H and O–H groups in total. The Morgan fingerprint density at radius 3 is 3.08 bits per heavy atom. The third-order valence-electron chi connectivity index (χ3n) is 3.00. The first-order valence-corrected chi connectivity index (χ1v) is 8.57. The smallest absolute Gasteiger partial charge is 0.331 e. The summed E-state index contributed by atoms with van der Waals surface area (Å²) in [5.41, 5.74) is 0.802. The van der Waals surface area contributed by atoms with E-state index in [0.29, 0.717) is 17.1 Å². The number of ether oxygens (including phenoxy) is 1. The van der Waals surface area contributed by atoms with Crippen LogP contribution in [0.2, 0.25) is 0 Å². The van der Waals surface area contributed by atoms with Crippen LogP contribution in [0, 0.1) is 5.82 Å². The van der Waals surface area contributed by atoms with E-state index >= 15 is 0 Å². The molecule has 0 fully saturated rings. The molecular weight excluding hydrogens is 397 g/mol. The molecular formula is C17H11BrFNO3S. The van der Waals surface area contributed by atoms with Gasteiger partial charge >= 0.3 is 5.97 Å². The third-order valence-corrected chi connectivity index (χ3v) is 4.35. The van der Waals surface area contributed by atoms with E-state index in [1.807, 2.05) is 17.5 Å². The summed E-state index contributed by atoms with van der Waals surface area (Å²) in [7, 11) is 0. The van der Waals surface area contributed by atoms with Crippen molar-refractivity contribution in [2.24, 2.45) is 0 Å². The normalized spacial score (nSPS) is 11.1. The largest absolute Gasteiger partial charge is 0.456 e. The van der Waals surface area contributed by atoms with Crippen molar-refractivity contribution in [3.8, 4) is 10.8 Å². The number of hydrogen-bond donors (Lipinski definition) is 0. The zero-order chi connectivity index (χ0) is 16.9. The lowest BCUT2D eigenvalue weighted by Gasteiger charge is -1.99. The van der Waals surface area contributed by atoms with Gasteiger partial charge in [0.15, 0.2) is 0 Å². The van der Waals surface area contributed by atoms with Gasteiger partial charge in [0.1, 0.15) is 24.4 Å². The van der Waals surface area contributed by atoms with E-state index in [2.05, 4.69) is 20.9 Å². The summed E-state index contributed by atoms with van der Waals surface area (Å²) in [6.45, 7) is -0.0149. The molecule has 0 unspecified atom stereocenters. The first-order chi connectivity index (χ1) is 11.6. The third kappa shape index (κ3) is 4.18. The van der Waals surface area contributed by atoms with Gasteiger partial charge in [-0.05, 0) is 35.7 Å². The zero-order valence-electron chi connectivity index (χ0n) is 12.2. The summed E-state index contributed by atoms with van der Waals surface area (Å²) in [5, 5.41) is 1.92. The Labute approximate surface area is 149 Å². The van der Waals surface area contributed by atoms with Crippen molar-refractivity contribution in [2.75, 3.05) is 0 Å². The number of benzene rings is 1. The van der Waals surface area contributed by atoms with E-state index in [1.54, 1.807) is 12.1 Å². The minimum atomic E-state index is -0.588. The van der Waals surface area contributed by atoms with Crippen LogP contribution in [0.1, 0.15) is 11.3 Å². The highest BCUT2D eigenvalue weighted by molar-refractivity contribution is 9.10. The molecule has 0 aliphatic rings. The van der Waals surface area contributed by atoms with Crippen LogP contribution >= 0.6 is 27.3 Å². The molecule has 0 saturated carbocycles. The van der Waals surface area contributed by atoms with E-state index in [1.165, 1.54) is 35.8 Å². The van der Waals surface area contributed by atoms with Crippen LogP contribution in [-0.4, -0.2) is 11.0 Å². The molecule has 0 aliphatic heterocycles. The molecule has 3 rings (SSSR count). The van der Waals surface area contributed by atoms with Gasteiger partial charge in [-0.3, -0.25) is 0 Å². The van der Waals surface area contributed by atoms with Gasteiger partial charge < -0.3 is 9.15 Å². The second-order valence-electron chi connectivity index (χ2n) is 4.73. The molecule has 3 aromatic rings. The first kappa shape index (κ1) is 16.6. The summed E-state index contributed by atoms with van der Waals surface area (Å²) in [6.07, 6.45) is 3.98. The highest BCUT2D eigenvalue weighted by atomic mass is 79.9. The maximum Gasteiger partial charge on any atom is 0.331 e. The van der Waals surface area contributed by atoms with Gasteiger partial charge in [-0.15, -0.1) is 11.3 Å². The number of nitrogens with zero attached hydrogens (tertiary/aromatic N) is 1. The van der Waals surface area contributed by atoms with E-state index < -0.39 is 11.8 Å². The van der Waals surface area contributed by atoms with Crippen molar-refractivity contribution in [1.82, 2.24) is 4.98 Å². The number of thiophene rings is 1. The standard InChI is InChI=1S/C17H11BrFNO3S/c18-12-4-5-14(19)11(8-12)3-6-16(21)22-9-13-10-23-17(20-13)15-2-1-7-24-15/h1-8,10H,9H2/b6-3+. The number of esters is 1. The zero-order valence-corrected chi connectivity index (χ0v) is 14.6. The quantitative estimate of drug-likeness (QED) is 0.438. The predicted octanol–water partition coefficient (Wildman–Crippen LogP) is 5.06. The molecule has 24 heavy (non-hydrogen) atoms. The number of rotatable bonds is 5. The fraction of sp³-hybridized carbons (Fsp3) is 0.0588. The predicted molar refractivity (Wildman–Crippen MR) is 92.7 cm³/mol. The summed E-state index contributed by atoms with van der Waals surface area (Å²) >= 11 is 4.76. The number of halogens is 2. The molecule has 2 heterocycles. The molecule has 0 atom stereocenters. The van der Waals surface area contributed by atoms with Gasteiger partial charge in [0.2, 0.25) is 5.89 Å². The van der Waals surface area contributed by atoms with E-state index in [-0.39, 0.29) is 6.61 Å². The number of hydrogen-bond acceptors (Lipinski definition) is 5. The Bertz CT molecular complexity index is 874. The molecule has 0 radical (unpaired) electrons. The minimum Gasteiger partial charge on any atom is -0.456 e. The molecule has 2 aromatic heterocycles. The molecule has 4 nitrogen and oxygen atoms in total. The Kier molecular flexibility index (Phi) is 5.22. The van der Waals surface area contributed by atoms with Gasteiger partial charge in [0, 0.05) is 16.1 Å². The van der Waals surface area contributed by atoms with Crippen molar-refractivity contribution < 1.29 is 18.3 Å². The number of oxazole rings is 1. The second-order valence-corrected chi connectivity index (χ2v) is 6.59. The average molecular weight is 408 g/mol. The summed E-state index contributed by atoms with van der Waals surface area (Å²) < 4.78 is 24.7. The van der Waals surface area contributed by atoms with E-state index in [9.17, 15) is 9.18 Å². The second kappa shape index (κ2) is 7.55. The lowest BCUT2D eigenvalue weighted by Crippen LogP contribution is -2.01. The van der Waals surface area contributed by atoms with Crippen LogP contribution in [0.3, 0.4) is 0 Å². The monoisotopic (exact) mass is 407 g/mol. The molecule has 1 aromatic carbocycles. The lowest BCUT2D eigenvalue weighted by molar-refractivity contribution is -0.139. The van der Waals surface area contributed by atoms with Crippen LogP contribution in [0.4, 0.5) is 4.39 Å². The number of aromatic nitrogens is 1. The van der Waals surface area contributed by atoms with E-state index in [4.69, 9.17) is 9.15 Å². The van der Waals surface area contributed by atoms with Crippen LogP contribution in [0.15, 0.2) is 56.9 Å². The van der Waals surface area contributed by atoms with Crippen molar-refractivity contribution in [2.45, 2.75) is 6.61 Å². The highest BCUT2D eigenvalue weighted by Crippen LogP contribution is 2.23. The van der Waals surface area contributed by atoms with Crippen molar-refractivity contribution >= 4 is 39.3 Å². The minimum absolute atomic E-state index is 0.0149. The van der Waals surface area contributed by atoms with Gasteiger partial charge in [-0.25, -0.2) is 14.2 Å². The van der Waals surface area contributed by atoms with Gasteiger partial charge in [-0.2, -0.15) is 0 Å². The van der Waals surface area contributed by atoms with Crippen LogP contribution in [0.5, 0.6) is 0 Å². The van der Waals surface area contributed by atoms with Crippen LogP contribution < -0.4 is 0 Å². The average Bonchev–Trinajstić information content (AvgIpc) is 3.24. The molecule has 0 bridgehead atoms. The van der Waals surface area contributed by atoms with Crippen LogP contribution in [-0.2, 0) is 16.1 Å². The van der Waals surface area contributed by atoms with E-state index in [0.717, 1.165) is 9.35 Å². The Balaban J connectivity index is 1.58. The number of carbonyl (C=O) groups is 1. The highest BCUT2D eigenvalue weighted by Gasteiger charge is 2.09. The molecule has 122 valence electrons. The van der Waals surface area contributed by atoms with Crippen molar-refractivity contribution in [3.05, 3.63) is 69.6 Å². The summed E-state index contributed by atoms with van der Waals surface area (Å²) in [6, 6.07) is 8.26. The van der Waals surface area contributed by atoms with Crippen molar-refractivity contribution in [3.63, 3.8) is 0 Å². The van der Waals surface area contributed by atoms with Gasteiger partial charge in [0.25, 0.3) is 0 Å². The summed E-state index contributed by atoms with van der Waals surface area (Å²) in [4.78, 5) is 16.9. The molecule has 0 saturated heterocycles. The molecule has 0 amide bonds. The van der Waals surface area contributed by atoms with Gasteiger partial charge in [-0.1, -0.05) is 22.0 Å². The molecule has 7 heteroatoms. The molecule has 0 spiro atoms. The number of carbonyl (C=O) groups excluding carboxylic acids is 1. The fourth-order valence-electron chi connectivity index (χ4n) is 1.88. The maximum atomic E-state index is 13.6. The Hall–Kier alpha value is -2.25. The fourth-order valence-corrected chi connectivity index (χ4v) is 2.91. The van der Waals surface area contributed by atoms with Gasteiger partial charge in [0.05, 0.1) is 4.88 Å². The Morgan fingerprint density at radius 2 is 2.29 bits per heavy atom.